The van der Waals surface area contributed by atoms with Crippen LogP contribution in [0, 0.1) is 5.92 Å². The fourth-order valence-electron chi connectivity index (χ4n) is 1.45. The van der Waals surface area contributed by atoms with Crippen LogP contribution in [0.1, 0.15) is 36.4 Å². The van der Waals surface area contributed by atoms with Crippen LogP contribution < -0.4 is 5.32 Å². The molecule has 1 aromatic heterocycles. The second kappa shape index (κ2) is 7.04. The molecule has 0 aliphatic rings. The van der Waals surface area contributed by atoms with E-state index in [4.69, 9.17) is 5.11 Å². The van der Waals surface area contributed by atoms with E-state index in [0.717, 1.165) is 0 Å². The van der Waals surface area contributed by atoms with Crippen molar-refractivity contribution < 1.29 is 19.5 Å². The van der Waals surface area contributed by atoms with Gasteiger partial charge in [0.15, 0.2) is 5.78 Å². The third-order valence-electron chi connectivity index (χ3n) is 2.90. The van der Waals surface area contributed by atoms with Gasteiger partial charge < -0.3 is 10.4 Å². The van der Waals surface area contributed by atoms with Crippen LogP contribution >= 0.6 is 11.3 Å². The number of carboxylic acid groups (broad SMARTS) is 1. The number of aliphatic carboxylic acids is 1. The van der Waals surface area contributed by atoms with Gasteiger partial charge in [0.2, 0.25) is 5.91 Å². The van der Waals surface area contributed by atoms with Crippen molar-refractivity contribution in [2.45, 2.75) is 32.7 Å². The third kappa shape index (κ3) is 4.82. The minimum absolute atomic E-state index is 0.0657. The summed E-state index contributed by atoms with van der Waals surface area (Å²) in [6.45, 7) is 3.17. The molecular weight excluding hydrogens is 266 g/mol. The smallest absolute Gasteiger partial charge is 0.308 e. The molecule has 0 spiro atoms. The minimum Gasteiger partial charge on any atom is -0.481 e. The summed E-state index contributed by atoms with van der Waals surface area (Å²) in [5, 5.41) is 13.2. The average Bonchev–Trinajstić information content (AvgIpc) is 2.88. The van der Waals surface area contributed by atoms with Gasteiger partial charge in [0, 0.05) is 18.9 Å². The minimum atomic E-state index is -0.956. The molecule has 19 heavy (non-hydrogen) atoms. The number of rotatable bonds is 7. The maximum atomic E-state index is 11.7. The van der Waals surface area contributed by atoms with Crippen LogP contribution in [0.2, 0.25) is 0 Å². The molecule has 2 unspecified atom stereocenters. The molecule has 0 saturated heterocycles. The number of carboxylic acids is 1. The van der Waals surface area contributed by atoms with E-state index in [1.54, 1.807) is 19.1 Å². The molecule has 2 atom stereocenters. The summed E-state index contributed by atoms with van der Waals surface area (Å²) >= 11 is 1.35. The molecule has 0 radical (unpaired) electrons. The van der Waals surface area contributed by atoms with Gasteiger partial charge in [-0.15, -0.1) is 11.3 Å². The van der Waals surface area contributed by atoms with E-state index in [1.807, 2.05) is 5.38 Å². The van der Waals surface area contributed by atoms with Crippen molar-refractivity contribution in [2.75, 3.05) is 0 Å². The Hall–Kier alpha value is -1.69. The van der Waals surface area contributed by atoms with Gasteiger partial charge >= 0.3 is 5.97 Å². The van der Waals surface area contributed by atoms with E-state index in [0.29, 0.717) is 4.88 Å². The first-order chi connectivity index (χ1) is 8.91. The van der Waals surface area contributed by atoms with Crippen LogP contribution in [-0.2, 0) is 9.59 Å². The topological polar surface area (TPSA) is 83.5 Å². The lowest BCUT2D eigenvalue weighted by atomic mass is 10.0. The van der Waals surface area contributed by atoms with Crippen molar-refractivity contribution in [1.82, 2.24) is 5.32 Å². The number of ketones is 1. The van der Waals surface area contributed by atoms with Crippen molar-refractivity contribution in [3.8, 4) is 0 Å². The number of nitrogens with one attached hydrogen (secondary N) is 1. The molecular formula is C13H17NO4S. The molecule has 1 rings (SSSR count). The highest BCUT2D eigenvalue weighted by atomic mass is 32.1. The first kappa shape index (κ1) is 15.4. The Balaban J connectivity index is 2.36. The van der Waals surface area contributed by atoms with E-state index in [1.165, 1.54) is 18.3 Å². The lowest BCUT2D eigenvalue weighted by molar-refractivity contribution is -0.142. The van der Waals surface area contributed by atoms with Gasteiger partial charge in [-0.3, -0.25) is 14.4 Å². The van der Waals surface area contributed by atoms with Crippen LogP contribution in [0.5, 0.6) is 0 Å². The molecule has 6 heteroatoms. The van der Waals surface area contributed by atoms with Crippen LogP contribution in [0.15, 0.2) is 17.5 Å². The van der Waals surface area contributed by atoms with Crippen molar-refractivity contribution in [1.29, 1.82) is 0 Å². The summed E-state index contributed by atoms with van der Waals surface area (Å²) in [5.41, 5.74) is 0. The van der Waals surface area contributed by atoms with Crippen LogP contribution in [-0.4, -0.2) is 28.8 Å². The molecule has 0 fully saturated rings. The van der Waals surface area contributed by atoms with Crippen LogP contribution in [0.25, 0.3) is 0 Å². The molecule has 1 heterocycles. The predicted octanol–water partition coefficient (Wildman–Crippen LogP) is 1.94. The number of Topliss-reactive ketones (excluding diaryl/α,β-unsaturated/α-hetero) is 1. The summed E-state index contributed by atoms with van der Waals surface area (Å²) in [6.07, 6.45) is 0.216. The molecule has 0 saturated carbocycles. The molecule has 0 aromatic carbocycles. The summed E-state index contributed by atoms with van der Waals surface area (Å²) in [6, 6.07) is 3.05. The largest absolute Gasteiger partial charge is 0.481 e. The summed E-state index contributed by atoms with van der Waals surface area (Å²) in [4.78, 5) is 34.7. The molecule has 0 aliphatic carbocycles. The van der Waals surface area contributed by atoms with E-state index in [-0.39, 0.29) is 24.5 Å². The maximum absolute atomic E-state index is 11.7. The number of amides is 1. The van der Waals surface area contributed by atoms with E-state index >= 15 is 0 Å². The molecule has 0 aliphatic heterocycles. The summed E-state index contributed by atoms with van der Waals surface area (Å²) < 4.78 is 0. The maximum Gasteiger partial charge on any atom is 0.308 e. The highest BCUT2D eigenvalue weighted by molar-refractivity contribution is 7.12. The Kier molecular flexibility index (Phi) is 5.69. The van der Waals surface area contributed by atoms with Gasteiger partial charge in [-0.1, -0.05) is 6.07 Å². The van der Waals surface area contributed by atoms with E-state index in [2.05, 4.69) is 5.32 Å². The quantitative estimate of drug-likeness (QED) is 0.749. The molecule has 1 amide bonds. The van der Waals surface area contributed by atoms with E-state index in [9.17, 15) is 14.4 Å². The number of thiophene rings is 1. The average molecular weight is 283 g/mol. The number of carbonyl (C=O) groups excluding carboxylic acids is 2. The molecule has 1 aromatic rings. The Morgan fingerprint density at radius 2 is 2.00 bits per heavy atom. The zero-order valence-corrected chi connectivity index (χ0v) is 11.7. The summed E-state index contributed by atoms with van der Waals surface area (Å²) in [7, 11) is 0. The first-order valence-electron chi connectivity index (χ1n) is 6.00. The normalized spacial score (nSPS) is 13.6. The van der Waals surface area contributed by atoms with Gasteiger partial charge in [0.1, 0.15) is 0 Å². The highest BCUT2D eigenvalue weighted by Gasteiger charge is 2.21. The monoisotopic (exact) mass is 283 g/mol. The summed E-state index contributed by atoms with van der Waals surface area (Å²) in [5.74, 6) is -1.98. The van der Waals surface area contributed by atoms with Gasteiger partial charge in [-0.25, -0.2) is 0 Å². The highest BCUT2D eigenvalue weighted by Crippen LogP contribution is 2.12. The third-order valence-corrected chi connectivity index (χ3v) is 3.81. The number of hydrogen-bond donors (Lipinski definition) is 2. The Bertz CT molecular complexity index is 455. The van der Waals surface area contributed by atoms with E-state index < -0.39 is 17.9 Å². The van der Waals surface area contributed by atoms with Crippen molar-refractivity contribution in [2.24, 2.45) is 5.92 Å². The molecule has 104 valence electrons. The van der Waals surface area contributed by atoms with Crippen molar-refractivity contribution in [3.63, 3.8) is 0 Å². The standard InChI is InChI=1S/C13H17NO4S/c1-8(13(17)18)9(2)14-12(16)6-5-10(15)11-4-3-7-19-11/h3-4,7-9H,5-6H2,1-2H3,(H,14,16)(H,17,18). The van der Waals surface area contributed by atoms with Crippen LogP contribution in [0.3, 0.4) is 0 Å². The Labute approximate surface area is 115 Å². The second-order valence-electron chi connectivity index (χ2n) is 4.38. The molecule has 0 bridgehead atoms. The lowest BCUT2D eigenvalue weighted by Crippen LogP contribution is -2.40. The fourth-order valence-corrected chi connectivity index (χ4v) is 2.15. The number of hydrogen-bond acceptors (Lipinski definition) is 4. The van der Waals surface area contributed by atoms with Gasteiger partial charge in [0.05, 0.1) is 10.8 Å². The Morgan fingerprint density at radius 1 is 1.32 bits per heavy atom. The van der Waals surface area contributed by atoms with Crippen molar-refractivity contribution >= 4 is 29.0 Å². The molecule has 2 N–H and O–H groups in total. The number of carbonyl (C=O) groups is 3. The lowest BCUT2D eigenvalue weighted by Gasteiger charge is -2.17. The Morgan fingerprint density at radius 3 is 2.53 bits per heavy atom. The SMILES string of the molecule is CC(NC(=O)CCC(=O)c1cccs1)C(C)C(=O)O. The van der Waals surface area contributed by atoms with Gasteiger partial charge in [-0.05, 0) is 25.3 Å². The van der Waals surface area contributed by atoms with Gasteiger partial charge in [0.25, 0.3) is 0 Å². The van der Waals surface area contributed by atoms with Gasteiger partial charge in [-0.2, -0.15) is 0 Å². The van der Waals surface area contributed by atoms with Crippen molar-refractivity contribution in [3.05, 3.63) is 22.4 Å². The van der Waals surface area contributed by atoms with Crippen LogP contribution in [0.4, 0.5) is 0 Å². The zero-order valence-electron chi connectivity index (χ0n) is 10.9. The first-order valence-corrected chi connectivity index (χ1v) is 6.88. The predicted molar refractivity (Wildman–Crippen MR) is 72.3 cm³/mol. The fraction of sp³-hybridized carbons (Fsp3) is 0.462. The molecule has 5 nitrogen and oxygen atoms in total. The second-order valence-corrected chi connectivity index (χ2v) is 5.33. The zero-order chi connectivity index (χ0) is 14.4.